The van der Waals surface area contributed by atoms with Gasteiger partial charge in [-0.05, 0) is 63.3 Å². The number of ether oxygens (including phenoxy) is 2. The van der Waals surface area contributed by atoms with Crippen molar-refractivity contribution in [2.24, 2.45) is 5.92 Å². The quantitative estimate of drug-likeness (QED) is 0.876. The minimum absolute atomic E-state index is 0.0156. The van der Waals surface area contributed by atoms with Gasteiger partial charge in [0, 0.05) is 18.7 Å². The van der Waals surface area contributed by atoms with Crippen molar-refractivity contribution in [1.82, 2.24) is 5.32 Å². The van der Waals surface area contributed by atoms with Crippen LogP contribution in [0.25, 0.3) is 0 Å². The van der Waals surface area contributed by atoms with E-state index in [0.29, 0.717) is 24.2 Å². The Bertz CT molecular complexity index is 444. The molecule has 1 fully saturated rings. The van der Waals surface area contributed by atoms with Crippen LogP contribution >= 0.6 is 0 Å². The Morgan fingerprint density at radius 3 is 2.81 bits per heavy atom. The Hall–Kier alpha value is -1.55. The van der Waals surface area contributed by atoms with E-state index in [1.54, 1.807) is 12.1 Å². The average Bonchev–Trinajstić information content (AvgIpc) is 2.48. The zero-order valence-electron chi connectivity index (χ0n) is 12.9. The standard InChI is InChI=1S/C17H25NO3/c1-3-20-16-6-4-15(5-7-16)17(19)18-10-8-14-9-11-21-13(2)12-14/h4-7,13-14H,3,8-12H2,1-2H3,(H,18,19)/t13-,14+/m1/s1. The molecule has 0 bridgehead atoms. The fourth-order valence-corrected chi connectivity index (χ4v) is 2.71. The van der Waals surface area contributed by atoms with Crippen molar-refractivity contribution < 1.29 is 14.3 Å². The highest BCUT2D eigenvalue weighted by Gasteiger charge is 2.19. The first-order chi connectivity index (χ1) is 10.2. The molecular weight excluding hydrogens is 266 g/mol. The molecule has 21 heavy (non-hydrogen) atoms. The van der Waals surface area contributed by atoms with Crippen LogP contribution in [-0.4, -0.2) is 31.8 Å². The SMILES string of the molecule is CCOc1ccc(C(=O)NCC[C@H]2CCO[C@H](C)C2)cc1. The fourth-order valence-electron chi connectivity index (χ4n) is 2.71. The lowest BCUT2D eigenvalue weighted by molar-refractivity contribution is 0.00109. The lowest BCUT2D eigenvalue weighted by Gasteiger charge is -2.27. The molecular formula is C17H25NO3. The van der Waals surface area contributed by atoms with Crippen LogP contribution in [0.15, 0.2) is 24.3 Å². The summed E-state index contributed by atoms with van der Waals surface area (Å²) >= 11 is 0. The highest BCUT2D eigenvalue weighted by Crippen LogP contribution is 2.22. The Morgan fingerprint density at radius 2 is 2.14 bits per heavy atom. The molecule has 0 spiro atoms. The summed E-state index contributed by atoms with van der Waals surface area (Å²) in [6, 6.07) is 7.27. The molecule has 4 heteroatoms. The first-order valence-electron chi connectivity index (χ1n) is 7.81. The van der Waals surface area contributed by atoms with Crippen LogP contribution in [0.4, 0.5) is 0 Å². The van der Waals surface area contributed by atoms with E-state index in [1.165, 1.54) is 0 Å². The van der Waals surface area contributed by atoms with Gasteiger partial charge >= 0.3 is 0 Å². The second-order valence-corrected chi connectivity index (χ2v) is 5.57. The third-order valence-electron chi connectivity index (χ3n) is 3.86. The van der Waals surface area contributed by atoms with Crippen LogP contribution in [-0.2, 0) is 4.74 Å². The molecule has 0 radical (unpaired) electrons. The number of benzene rings is 1. The summed E-state index contributed by atoms with van der Waals surface area (Å²) in [5.41, 5.74) is 0.679. The summed E-state index contributed by atoms with van der Waals surface area (Å²) in [7, 11) is 0. The highest BCUT2D eigenvalue weighted by molar-refractivity contribution is 5.94. The smallest absolute Gasteiger partial charge is 0.251 e. The van der Waals surface area contributed by atoms with Gasteiger partial charge < -0.3 is 14.8 Å². The number of hydrogen-bond donors (Lipinski definition) is 1. The minimum Gasteiger partial charge on any atom is -0.494 e. The molecule has 2 rings (SSSR count). The molecule has 0 aromatic heterocycles. The number of hydrogen-bond acceptors (Lipinski definition) is 3. The summed E-state index contributed by atoms with van der Waals surface area (Å²) in [6.07, 6.45) is 3.57. The summed E-state index contributed by atoms with van der Waals surface area (Å²) < 4.78 is 10.9. The minimum atomic E-state index is -0.0156. The van der Waals surface area contributed by atoms with Crippen molar-refractivity contribution in [3.8, 4) is 5.75 Å². The predicted octanol–water partition coefficient (Wildman–Crippen LogP) is 3.02. The monoisotopic (exact) mass is 291 g/mol. The van der Waals surface area contributed by atoms with Crippen molar-refractivity contribution in [2.45, 2.75) is 39.2 Å². The average molecular weight is 291 g/mol. The third kappa shape index (κ3) is 5.05. The van der Waals surface area contributed by atoms with E-state index in [2.05, 4.69) is 12.2 Å². The maximum Gasteiger partial charge on any atom is 0.251 e. The molecule has 0 aliphatic carbocycles. The van der Waals surface area contributed by atoms with Crippen LogP contribution < -0.4 is 10.1 Å². The van der Waals surface area contributed by atoms with Gasteiger partial charge in [-0.1, -0.05) is 0 Å². The first kappa shape index (κ1) is 15.8. The third-order valence-corrected chi connectivity index (χ3v) is 3.86. The van der Waals surface area contributed by atoms with Gasteiger partial charge in [-0.25, -0.2) is 0 Å². The van der Waals surface area contributed by atoms with Crippen molar-refractivity contribution in [3.05, 3.63) is 29.8 Å². The zero-order chi connectivity index (χ0) is 15.1. The van der Waals surface area contributed by atoms with Crippen LogP contribution in [0.1, 0.15) is 43.5 Å². The molecule has 0 unspecified atom stereocenters. The van der Waals surface area contributed by atoms with Gasteiger partial charge in [0.1, 0.15) is 5.75 Å². The molecule has 116 valence electrons. The topological polar surface area (TPSA) is 47.6 Å². The normalized spacial score (nSPS) is 21.8. The van der Waals surface area contributed by atoms with Gasteiger partial charge in [-0.2, -0.15) is 0 Å². The molecule has 1 aromatic carbocycles. The van der Waals surface area contributed by atoms with Crippen molar-refractivity contribution >= 4 is 5.91 Å². The summed E-state index contributed by atoms with van der Waals surface area (Å²) in [6.45, 7) is 6.26. The van der Waals surface area contributed by atoms with Crippen LogP contribution in [0.5, 0.6) is 5.75 Å². The van der Waals surface area contributed by atoms with Crippen molar-refractivity contribution in [1.29, 1.82) is 0 Å². The zero-order valence-corrected chi connectivity index (χ0v) is 12.9. The van der Waals surface area contributed by atoms with Gasteiger partial charge in [-0.3, -0.25) is 4.79 Å². The molecule has 1 heterocycles. The summed E-state index contributed by atoms with van der Waals surface area (Å²) in [5.74, 6) is 1.44. The number of rotatable bonds is 6. The summed E-state index contributed by atoms with van der Waals surface area (Å²) in [5, 5.41) is 2.99. The van der Waals surface area contributed by atoms with Gasteiger partial charge in [0.2, 0.25) is 0 Å². The van der Waals surface area contributed by atoms with Crippen LogP contribution in [0.2, 0.25) is 0 Å². The van der Waals surface area contributed by atoms with E-state index >= 15 is 0 Å². The molecule has 0 saturated carbocycles. The second kappa shape index (κ2) is 8.03. The first-order valence-corrected chi connectivity index (χ1v) is 7.81. The maximum atomic E-state index is 12.0. The Balaban J connectivity index is 1.73. The molecule has 1 saturated heterocycles. The predicted molar refractivity (Wildman–Crippen MR) is 82.7 cm³/mol. The lowest BCUT2D eigenvalue weighted by Crippen LogP contribution is -2.29. The molecule has 4 nitrogen and oxygen atoms in total. The van der Waals surface area contributed by atoms with Crippen molar-refractivity contribution in [3.63, 3.8) is 0 Å². The largest absolute Gasteiger partial charge is 0.494 e. The van der Waals surface area contributed by atoms with E-state index in [0.717, 1.165) is 38.2 Å². The van der Waals surface area contributed by atoms with Gasteiger partial charge in [-0.15, -0.1) is 0 Å². The van der Waals surface area contributed by atoms with Gasteiger partial charge in [0.05, 0.1) is 12.7 Å². The van der Waals surface area contributed by atoms with E-state index in [9.17, 15) is 4.79 Å². The Labute approximate surface area is 126 Å². The number of nitrogens with one attached hydrogen (secondary N) is 1. The fraction of sp³-hybridized carbons (Fsp3) is 0.588. The number of carbonyl (C=O) groups is 1. The lowest BCUT2D eigenvalue weighted by atomic mass is 9.93. The molecule has 1 N–H and O–H groups in total. The van der Waals surface area contributed by atoms with E-state index < -0.39 is 0 Å². The molecule has 1 aliphatic heterocycles. The Morgan fingerprint density at radius 1 is 1.38 bits per heavy atom. The van der Waals surface area contributed by atoms with Gasteiger partial charge in [0.15, 0.2) is 0 Å². The van der Waals surface area contributed by atoms with Gasteiger partial charge in [0.25, 0.3) is 5.91 Å². The van der Waals surface area contributed by atoms with E-state index in [4.69, 9.17) is 9.47 Å². The highest BCUT2D eigenvalue weighted by atomic mass is 16.5. The molecule has 1 aromatic rings. The van der Waals surface area contributed by atoms with E-state index in [1.807, 2.05) is 19.1 Å². The molecule has 2 atom stereocenters. The number of carbonyl (C=O) groups excluding carboxylic acids is 1. The second-order valence-electron chi connectivity index (χ2n) is 5.57. The van der Waals surface area contributed by atoms with Crippen molar-refractivity contribution in [2.75, 3.05) is 19.8 Å². The van der Waals surface area contributed by atoms with E-state index in [-0.39, 0.29) is 5.91 Å². The maximum absolute atomic E-state index is 12.0. The summed E-state index contributed by atoms with van der Waals surface area (Å²) in [4.78, 5) is 12.0. The molecule has 1 aliphatic rings. The number of amides is 1. The Kier molecular flexibility index (Phi) is 6.05. The van der Waals surface area contributed by atoms with Crippen LogP contribution in [0.3, 0.4) is 0 Å². The molecule has 1 amide bonds. The van der Waals surface area contributed by atoms with Crippen LogP contribution in [0, 0.1) is 5.92 Å².